The summed E-state index contributed by atoms with van der Waals surface area (Å²) in [6.45, 7) is 27.1. The van der Waals surface area contributed by atoms with Gasteiger partial charge in [0.2, 0.25) is 0 Å². The second-order valence-electron chi connectivity index (χ2n) is 19.6. The number of hydrogen-bond acceptors (Lipinski definition) is 0. The molecule has 6 aliphatic carbocycles. The van der Waals surface area contributed by atoms with Crippen molar-refractivity contribution in [2.45, 2.75) is 132 Å². The van der Waals surface area contributed by atoms with E-state index in [0.29, 0.717) is 11.3 Å². The molecule has 9 rings (SSSR count). The van der Waals surface area contributed by atoms with Gasteiger partial charge in [-0.05, 0) is 0 Å². The van der Waals surface area contributed by atoms with Crippen LogP contribution in [0, 0.1) is 48.9 Å². The van der Waals surface area contributed by atoms with Crippen LogP contribution in [0.4, 0.5) is 0 Å². The van der Waals surface area contributed by atoms with Crippen molar-refractivity contribution in [3.8, 4) is 11.1 Å². The minimum absolute atomic E-state index is 0.0779. The number of fused-ring (bicyclic) bond motifs is 3. The zero-order valence-corrected chi connectivity index (χ0v) is 35.6. The first-order valence-corrected chi connectivity index (χ1v) is 23.8. The molecule has 1 heteroatoms. The quantitative estimate of drug-likeness (QED) is 0.191. The van der Waals surface area contributed by atoms with E-state index in [4.69, 9.17) is 0 Å². The molecule has 6 aliphatic rings. The van der Waals surface area contributed by atoms with Crippen LogP contribution in [0.15, 0.2) is 69.5 Å². The van der Waals surface area contributed by atoms with Crippen LogP contribution in [0.2, 0.25) is 0 Å². The average Bonchev–Trinajstić information content (AvgIpc) is 3.60. The van der Waals surface area contributed by atoms with Crippen LogP contribution >= 0.6 is 0 Å². The topological polar surface area (TPSA) is 0 Å². The number of rotatable bonds is 5. The summed E-state index contributed by atoms with van der Waals surface area (Å²) in [5, 5.41) is 0. The fourth-order valence-corrected chi connectivity index (χ4v) is 21.0. The normalized spacial score (nSPS) is 28.7. The Kier molecular flexibility index (Phi) is 8.54. The van der Waals surface area contributed by atoms with Crippen molar-refractivity contribution in [2.24, 2.45) is 35.0 Å². The standard InChI is InChI=1S/C23H29.C17H23.C9H10.Zr/c1-14-9-16-11-17-10-15(2)21(23(6,7)8)13-19(17)18(16)12-20(14)22(3,4)5;1-11-3-4-14(5-11)17(2)15-7-12-6-13(9-15)10-16(17)8-12;1-2-6-9-7-4-3-5-8-9;/h9,12-13H,11H2,1-8H3;4-5,11-13,15-16H,6-10H2,1-2H3;3-5,7-8H,2H2,1H3;. The van der Waals surface area contributed by atoms with E-state index in [2.05, 4.69) is 137 Å². The fourth-order valence-electron chi connectivity index (χ4n) is 12.1. The second kappa shape index (κ2) is 12.2. The van der Waals surface area contributed by atoms with Gasteiger partial charge in [0.15, 0.2) is 0 Å². The van der Waals surface area contributed by atoms with Crippen LogP contribution in [0.5, 0.6) is 0 Å². The van der Waals surface area contributed by atoms with E-state index < -0.39 is 21.3 Å². The molecule has 0 saturated heterocycles. The van der Waals surface area contributed by atoms with Crippen LogP contribution in [-0.2, 0) is 38.5 Å². The Morgan fingerprint density at radius 3 is 1.98 bits per heavy atom. The number of aryl methyl sites for hydroxylation is 1. The predicted octanol–water partition coefficient (Wildman–Crippen LogP) is 12.3. The number of benzene rings is 3. The summed E-state index contributed by atoms with van der Waals surface area (Å²) in [4.78, 5) is 0. The van der Waals surface area contributed by atoms with Gasteiger partial charge in [0, 0.05) is 0 Å². The van der Waals surface area contributed by atoms with Crippen LogP contribution in [0.3, 0.4) is 0 Å². The summed E-state index contributed by atoms with van der Waals surface area (Å²) in [6.07, 6.45) is 15.3. The molecule has 1 unspecified atom stereocenters. The Morgan fingerprint density at radius 1 is 0.800 bits per heavy atom. The summed E-state index contributed by atoms with van der Waals surface area (Å²) in [5.41, 5.74) is 16.2. The van der Waals surface area contributed by atoms with Crippen LogP contribution < -0.4 is 3.27 Å². The van der Waals surface area contributed by atoms with Gasteiger partial charge in [-0.3, -0.25) is 0 Å². The first-order valence-electron chi connectivity index (χ1n) is 20.1. The van der Waals surface area contributed by atoms with Gasteiger partial charge in [-0.25, -0.2) is 0 Å². The molecule has 0 N–H and O–H groups in total. The van der Waals surface area contributed by atoms with Crippen molar-refractivity contribution in [3.63, 3.8) is 0 Å². The molecule has 0 radical (unpaired) electrons. The Hall–Kier alpha value is -2.11. The van der Waals surface area contributed by atoms with E-state index >= 15 is 0 Å². The van der Waals surface area contributed by atoms with E-state index in [1.807, 2.05) is 6.55 Å². The molecule has 0 heterocycles. The van der Waals surface area contributed by atoms with Gasteiger partial charge in [-0.15, -0.1) is 0 Å². The predicted molar refractivity (Wildman–Crippen MR) is 213 cm³/mol. The van der Waals surface area contributed by atoms with E-state index in [-0.39, 0.29) is 10.8 Å². The van der Waals surface area contributed by atoms with Gasteiger partial charge in [0.05, 0.1) is 0 Å². The van der Waals surface area contributed by atoms with Gasteiger partial charge >= 0.3 is 314 Å². The molecule has 0 aliphatic heterocycles. The molecular formula is C49H62Zr. The van der Waals surface area contributed by atoms with Crippen LogP contribution in [0.25, 0.3) is 11.1 Å². The third kappa shape index (κ3) is 5.48. The van der Waals surface area contributed by atoms with E-state index in [1.165, 1.54) is 54.4 Å². The fraction of sp³-hybridized carbons (Fsp3) is 0.531. The monoisotopic (exact) mass is 740 g/mol. The molecule has 4 bridgehead atoms. The van der Waals surface area contributed by atoms with Crippen molar-refractivity contribution in [3.05, 3.63) is 108 Å². The van der Waals surface area contributed by atoms with Gasteiger partial charge in [0.1, 0.15) is 0 Å². The van der Waals surface area contributed by atoms with E-state index in [0.717, 1.165) is 36.5 Å². The summed E-state index contributed by atoms with van der Waals surface area (Å²) in [7, 11) is 0. The molecule has 50 heavy (non-hydrogen) atoms. The van der Waals surface area contributed by atoms with Crippen LogP contribution in [0.1, 0.15) is 140 Å². The molecule has 3 aromatic rings. The van der Waals surface area contributed by atoms with E-state index in [1.54, 1.807) is 36.6 Å². The summed E-state index contributed by atoms with van der Waals surface area (Å²) in [5.74, 6) is 4.30. The van der Waals surface area contributed by atoms with Gasteiger partial charge in [-0.2, -0.15) is 0 Å². The summed E-state index contributed by atoms with van der Waals surface area (Å²) in [6, 6.07) is 19.4. The molecule has 0 spiro atoms. The van der Waals surface area contributed by atoms with E-state index in [9.17, 15) is 0 Å². The zero-order valence-electron chi connectivity index (χ0n) is 33.1. The molecule has 262 valence electrons. The zero-order chi connectivity index (χ0) is 35.5. The second-order valence-corrected chi connectivity index (χ2v) is 25.6. The molecule has 0 aromatic heterocycles. The number of allylic oxidation sites excluding steroid dienone is 4. The first kappa shape index (κ1) is 35.0. The van der Waals surface area contributed by atoms with Gasteiger partial charge in [-0.1, -0.05) is 0 Å². The van der Waals surface area contributed by atoms with Crippen molar-refractivity contribution in [1.29, 1.82) is 0 Å². The maximum atomic E-state index is 2.87. The molecule has 4 saturated carbocycles. The molecule has 0 nitrogen and oxygen atoms in total. The van der Waals surface area contributed by atoms with Gasteiger partial charge in [0.25, 0.3) is 0 Å². The minimum atomic E-state index is -2.73. The summed E-state index contributed by atoms with van der Waals surface area (Å²) >= 11 is -2.73. The Morgan fingerprint density at radius 2 is 1.40 bits per heavy atom. The van der Waals surface area contributed by atoms with Crippen molar-refractivity contribution in [2.75, 3.05) is 0 Å². The maximum absolute atomic E-state index is 2.87. The molecule has 1 atom stereocenters. The van der Waals surface area contributed by atoms with Gasteiger partial charge < -0.3 is 0 Å². The van der Waals surface area contributed by atoms with Crippen molar-refractivity contribution in [1.82, 2.24) is 0 Å². The Labute approximate surface area is 312 Å². The van der Waals surface area contributed by atoms with Crippen molar-refractivity contribution < 1.29 is 21.3 Å². The molecule has 4 fully saturated rings. The third-order valence-corrected chi connectivity index (χ3v) is 23.3. The average molecular weight is 742 g/mol. The first-order chi connectivity index (χ1) is 23.6. The Bertz CT molecular complexity index is 1940. The Balaban J connectivity index is 1.39. The van der Waals surface area contributed by atoms with Crippen LogP contribution in [-0.4, -0.2) is 3.21 Å². The third-order valence-electron chi connectivity index (χ3n) is 14.4. The molecular weight excluding hydrogens is 680 g/mol. The SMILES string of the molecule is CC/[C](c1ccccc1)=[Zr](\[C]1=CC(C2(C)C3CC4CC(C3)CC2C4)=CC1C)[c]1c(C)c(C(C)(C)C)cc2c1Cc1cc(C)c(C(C)(C)C)cc1-2. The molecule has 0 amide bonds. The van der Waals surface area contributed by atoms with Crippen molar-refractivity contribution >= 4 is 6.48 Å². The molecule has 3 aromatic carbocycles. The summed E-state index contributed by atoms with van der Waals surface area (Å²) < 4.78 is 5.44. The number of hydrogen-bond donors (Lipinski definition) is 0.